The van der Waals surface area contributed by atoms with Gasteiger partial charge < -0.3 is 24.2 Å². The summed E-state index contributed by atoms with van der Waals surface area (Å²) in [6, 6.07) is 1.82. The van der Waals surface area contributed by atoms with Gasteiger partial charge in [-0.1, -0.05) is 0 Å². The van der Waals surface area contributed by atoms with Crippen LogP contribution in [-0.4, -0.2) is 66.2 Å². The van der Waals surface area contributed by atoms with Crippen LogP contribution in [0.1, 0.15) is 32.3 Å². The van der Waals surface area contributed by atoms with E-state index in [0.29, 0.717) is 32.9 Å². The number of aliphatic hydroxyl groups excluding tert-OH is 1. The van der Waals surface area contributed by atoms with Crippen LogP contribution in [0.3, 0.4) is 0 Å². The fourth-order valence-electron chi connectivity index (χ4n) is 2.36. The van der Waals surface area contributed by atoms with Crippen molar-refractivity contribution in [3.63, 3.8) is 0 Å². The number of likely N-dealkylation sites (tertiary alicyclic amines) is 1. The zero-order valence-corrected chi connectivity index (χ0v) is 14.5. The van der Waals surface area contributed by atoms with E-state index in [1.54, 1.807) is 17.3 Å². The highest BCUT2D eigenvalue weighted by Crippen LogP contribution is 2.33. The number of hydrogen-bond acceptors (Lipinski definition) is 6. The molecule has 0 aliphatic carbocycles. The fourth-order valence-corrected chi connectivity index (χ4v) is 2.36. The quantitative estimate of drug-likeness (QED) is 0.764. The standard InChI is InChI=1S/C17H26N2O5/c1-17(2,3)24-16(21)19-11-13(12-19)14-10-18-5-4-15(14)23-9-8-22-7-6-20/h4-5,10,13,20H,6-9,11-12H2,1-3H3. The van der Waals surface area contributed by atoms with Crippen LogP contribution >= 0.6 is 0 Å². The van der Waals surface area contributed by atoms with Crippen molar-refractivity contribution in [1.82, 2.24) is 9.88 Å². The SMILES string of the molecule is CC(C)(C)OC(=O)N1CC(c2cnccc2OCCOCCO)C1. The topological polar surface area (TPSA) is 81.1 Å². The Balaban J connectivity index is 1.84. The Morgan fingerprint density at radius 1 is 1.33 bits per heavy atom. The lowest BCUT2D eigenvalue weighted by Crippen LogP contribution is -2.50. The summed E-state index contributed by atoms with van der Waals surface area (Å²) in [4.78, 5) is 17.8. The van der Waals surface area contributed by atoms with Crippen LogP contribution in [0.15, 0.2) is 18.5 Å². The van der Waals surface area contributed by atoms with Crippen molar-refractivity contribution < 1.29 is 24.1 Å². The van der Waals surface area contributed by atoms with E-state index in [4.69, 9.17) is 19.3 Å². The smallest absolute Gasteiger partial charge is 0.410 e. The third-order valence-electron chi connectivity index (χ3n) is 3.50. The lowest BCUT2D eigenvalue weighted by Gasteiger charge is -2.40. The highest BCUT2D eigenvalue weighted by Gasteiger charge is 2.36. The van der Waals surface area contributed by atoms with E-state index in [1.807, 2.05) is 26.8 Å². The van der Waals surface area contributed by atoms with E-state index >= 15 is 0 Å². The summed E-state index contributed by atoms with van der Waals surface area (Å²) in [5.74, 6) is 0.950. The molecule has 7 heteroatoms. The molecule has 134 valence electrons. The molecule has 24 heavy (non-hydrogen) atoms. The summed E-state index contributed by atoms with van der Waals surface area (Å²) in [6.07, 6.45) is 3.17. The number of hydrogen-bond donors (Lipinski definition) is 1. The first kappa shape index (κ1) is 18.5. The highest BCUT2D eigenvalue weighted by atomic mass is 16.6. The minimum absolute atomic E-state index is 0.00306. The monoisotopic (exact) mass is 338 g/mol. The Morgan fingerprint density at radius 2 is 2.08 bits per heavy atom. The van der Waals surface area contributed by atoms with Gasteiger partial charge in [-0.3, -0.25) is 4.98 Å². The molecule has 0 radical (unpaired) electrons. The first-order chi connectivity index (χ1) is 11.4. The van der Waals surface area contributed by atoms with Gasteiger partial charge in [0.15, 0.2) is 0 Å². The predicted octanol–water partition coefficient (Wildman–Crippen LogP) is 1.80. The number of aliphatic hydroxyl groups is 1. The second kappa shape index (κ2) is 8.30. The van der Waals surface area contributed by atoms with E-state index in [9.17, 15) is 4.79 Å². The number of nitrogens with zero attached hydrogens (tertiary/aromatic N) is 2. The first-order valence-corrected chi connectivity index (χ1v) is 8.14. The van der Waals surface area contributed by atoms with Gasteiger partial charge in [0.2, 0.25) is 0 Å². The molecular formula is C17H26N2O5. The third kappa shape index (κ3) is 5.35. The number of pyridine rings is 1. The summed E-state index contributed by atoms with van der Waals surface area (Å²) >= 11 is 0. The van der Waals surface area contributed by atoms with Gasteiger partial charge in [-0.15, -0.1) is 0 Å². The summed E-state index contributed by atoms with van der Waals surface area (Å²) in [5.41, 5.74) is 0.499. The second-order valence-corrected chi connectivity index (χ2v) is 6.68. The molecule has 1 amide bonds. The number of rotatable bonds is 7. The van der Waals surface area contributed by atoms with Gasteiger partial charge in [-0.2, -0.15) is 0 Å². The van der Waals surface area contributed by atoms with Gasteiger partial charge in [-0.25, -0.2) is 4.79 Å². The minimum atomic E-state index is -0.487. The maximum Gasteiger partial charge on any atom is 0.410 e. The molecule has 1 aromatic heterocycles. The summed E-state index contributed by atoms with van der Waals surface area (Å²) in [6.45, 7) is 7.88. The van der Waals surface area contributed by atoms with Gasteiger partial charge >= 0.3 is 6.09 Å². The number of aromatic nitrogens is 1. The molecule has 0 saturated carbocycles. The minimum Gasteiger partial charge on any atom is -0.491 e. The Labute approximate surface area is 142 Å². The van der Waals surface area contributed by atoms with Crippen LogP contribution in [0.5, 0.6) is 5.75 Å². The number of carbonyl (C=O) groups excluding carboxylic acids is 1. The Kier molecular flexibility index (Phi) is 6.39. The molecule has 1 aliphatic rings. The van der Waals surface area contributed by atoms with Crippen molar-refractivity contribution in [2.75, 3.05) is 39.5 Å². The number of amides is 1. The van der Waals surface area contributed by atoms with Crippen LogP contribution in [0, 0.1) is 0 Å². The molecule has 2 rings (SSSR count). The molecule has 2 heterocycles. The molecule has 1 N–H and O–H groups in total. The van der Waals surface area contributed by atoms with Crippen LogP contribution in [0.4, 0.5) is 4.79 Å². The van der Waals surface area contributed by atoms with Gasteiger partial charge in [0.1, 0.15) is 18.0 Å². The fraction of sp³-hybridized carbons (Fsp3) is 0.647. The predicted molar refractivity (Wildman–Crippen MR) is 88.2 cm³/mol. The van der Waals surface area contributed by atoms with E-state index < -0.39 is 5.60 Å². The van der Waals surface area contributed by atoms with Gasteiger partial charge in [-0.05, 0) is 26.8 Å². The average Bonchev–Trinajstić information content (AvgIpc) is 2.45. The maximum absolute atomic E-state index is 12.0. The molecule has 0 spiro atoms. The maximum atomic E-state index is 12.0. The lowest BCUT2D eigenvalue weighted by atomic mass is 9.92. The van der Waals surface area contributed by atoms with Gasteiger partial charge in [0.05, 0.1) is 19.8 Å². The highest BCUT2D eigenvalue weighted by molar-refractivity contribution is 5.69. The summed E-state index contributed by atoms with van der Waals surface area (Å²) < 4.78 is 16.3. The Hall–Kier alpha value is -1.86. The number of carbonyl (C=O) groups is 1. The average molecular weight is 338 g/mol. The van der Waals surface area contributed by atoms with Gasteiger partial charge in [0, 0.05) is 37.0 Å². The molecule has 0 unspecified atom stereocenters. The van der Waals surface area contributed by atoms with Crippen LogP contribution in [-0.2, 0) is 9.47 Å². The molecule has 7 nitrogen and oxygen atoms in total. The molecule has 1 fully saturated rings. The van der Waals surface area contributed by atoms with Gasteiger partial charge in [0.25, 0.3) is 0 Å². The zero-order valence-electron chi connectivity index (χ0n) is 14.5. The first-order valence-electron chi connectivity index (χ1n) is 8.14. The molecular weight excluding hydrogens is 312 g/mol. The van der Waals surface area contributed by atoms with Crippen molar-refractivity contribution in [3.05, 3.63) is 24.0 Å². The summed E-state index contributed by atoms with van der Waals surface area (Å²) in [5, 5.41) is 8.66. The van der Waals surface area contributed by atoms with Crippen LogP contribution in [0.25, 0.3) is 0 Å². The van der Waals surface area contributed by atoms with E-state index in [2.05, 4.69) is 4.98 Å². The molecule has 0 atom stereocenters. The molecule has 1 saturated heterocycles. The molecule has 0 aromatic carbocycles. The Bertz CT molecular complexity index is 538. The second-order valence-electron chi connectivity index (χ2n) is 6.68. The van der Waals surface area contributed by atoms with Crippen LogP contribution in [0.2, 0.25) is 0 Å². The van der Waals surface area contributed by atoms with Crippen molar-refractivity contribution in [2.45, 2.75) is 32.3 Å². The summed E-state index contributed by atoms with van der Waals surface area (Å²) in [7, 11) is 0. The molecule has 1 aliphatic heterocycles. The Morgan fingerprint density at radius 3 is 2.75 bits per heavy atom. The van der Waals surface area contributed by atoms with Crippen molar-refractivity contribution in [2.24, 2.45) is 0 Å². The van der Waals surface area contributed by atoms with Crippen molar-refractivity contribution in [3.8, 4) is 5.75 Å². The largest absolute Gasteiger partial charge is 0.491 e. The number of ether oxygens (including phenoxy) is 3. The van der Waals surface area contributed by atoms with Crippen LogP contribution < -0.4 is 4.74 Å². The van der Waals surface area contributed by atoms with E-state index in [0.717, 1.165) is 11.3 Å². The van der Waals surface area contributed by atoms with E-state index in [1.165, 1.54) is 0 Å². The zero-order chi connectivity index (χ0) is 17.6. The lowest BCUT2D eigenvalue weighted by molar-refractivity contribution is 0.00783. The molecule has 0 bridgehead atoms. The normalized spacial score (nSPS) is 15.1. The van der Waals surface area contributed by atoms with E-state index in [-0.39, 0.29) is 18.6 Å². The molecule has 1 aromatic rings. The van der Waals surface area contributed by atoms with Crippen molar-refractivity contribution in [1.29, 1.82) is 0 Å². The van der Waals surface area contributed by atoms with Crippen molar-refractivity contribution >= 4 is 6.09 Å². The third-order valence-corrected chi connectivity index (χ3v) is 3.50.